The lowest BCUT2D eigenvalue weighted by Crippen LogP contribution is -2.41. The molecule has 26 heavy (non-hydrogen) atoms. The van der Waals surface area contributed by atoms with Crippen LogP contribution in [0.1, 0.15) is 33.6 Å². The maximum absolute atomic E-state index is 12.2. The first-order valence-corrected chi connectivity index (χ1v) is 8.86. The van der Waals surface area contributed by atoms with Crippen LogP contribution < -0.4 is 0 Å². The second-order valence-corrected chi connectivity index (χ2v) is 7.63. The second kappa shape index (κ2) is 6.67. The normalized spacial score (nSPS) is 39.2. The highest BCUT2D eigenvalue weighted by Gasteiger charge is 2.55. The Hall–Kier alpha value is -1.92. The Kier molecular flexibility index (Phi) is 4.84. The zero-order chi connectivity index (χ0) is 19.2. The number of carbonyl (C=O) groups excluding carboxylic acids is 2. The smallest absolute Gasteiger partial charge is 0.334 e. The number of hydrogen-bond acceptors (Lipinski definition) is 6. The zero-order valence-corrected chi connectivity index (χ0v) is 15.7. The van der Waals surface area contributed by atoms with E-state index in [2.05, 4.69) is 13.2 Å². The number of methoxy groups -OCH3 is 1. The van der Waals surface area contributed by atoms with Crippen molar-refractivity contribution < 1.29 is 28.5 Å². The first kappa shape index (κ1) is 18.9. The minimum atomic E-state index is -0.859. The van der Waals surface area contributed by atoms with Crippen LogP contribution in [0.5, 0.6) is 0 Å². The summed E-state index contributed by atoms with van der Waals surface area (Å²) < 4.78 is 23.2. The van der Waals surface area contributed by atoms with E-state index in [1.165, 1.54) is 0 Å². The third-order valence-corrected chi connectivity index (χ3v) is 5.40. The Bertz CT molecular complexity index is 692. The van der Waals surface area contributed by atoms with E-state index in [4.69, 9.17) is 18.9 Å². The number of carbonyl (C=O) groups is 2. The fraction of sp³-hybridized carbons (Fsp3) is 0.600. The highest BCUT2D eigenvalue weighted by atomic mass is 16.7. The van der Waals surface area contributed by atoms with Gasteiger partial charge in [-0.05, 0) is 37.8 Å². The maximum atomic E-state index is 12.2. The van der Waals surface area contributed by atoms with Gasteiger partial charge in [-0.2, -0.15) is 0 Å². The van der Waals surface area contributed by atoms with Crippen molar-refractivity contribution in [1.82, 2.24) is 0 Å². The molecule has 0 aromatic carbocycles. The van der Waals surface area contributed by atoms with E-state index in [0.29, 0.717) is 24.0 Å². The lowest BCUT2D eigenvalue weighted by Gasteiger charge is -2.30. The third-order valence-electron chi connectivity index (χ3n) is 5.40. The lowest BCUT2D eigenvalue weighted by molar-refractivity contribution is -0.218. The van der Waals surface area contributed by atoms with Crippen molar-refractivity contribution in [2.75, 3.05) is 7.11 Å². The van der Waals surface area contributed by atoms with Crippen molar-refractivity contribution in [3.05, 3.63) is 36.0 Å². The van der Waals surface area contributed by atoms with Crippen molar-refractivity contribution in [1.29, 1.82) is 0 Å². The Morgan fingerprint density at radius 2 is 2.12 bits per heavy atom. The number of fused-ring (bicyclic) bond motifs is 4. The summed E-state index contributed by atoms with van der Waals surface area (Å²) in [6.07, 6.45) is 1.52. The lowest BCUT2D eigenvalue weighted by atomic mass is 9.81. The Morgan fingerprint density at radius 3 is 2.73 bits per heavy atom. The molecule has 0 N–H and O–H groups in total. The molecule has 0 saturated carbocycles. The highest BCUT2D eigenvalue weighted by Crippen LogP contribution is 2.46. The van der Waals surface area contributed by atoms with Crippen LogP contribution >= 0.6 is 0 Å². The summed E-state index contributed by atoms with van der Waals surface area (Å²) in [6, 6.07) is 0. The van der Waals surface area contributed by atoms with Crippen molar-refractivity contribution in [2.24, 2.45) is 11.8 Å². The first-order chi connectivity index (χ1) is 12.2. The van der Waals surface area contributed by atoms with Gasteiger partial charge in [-0.3, -0.25) is 0 Å². The summed E-state index contributed by atoms with van der Waals surface area (Å²) in [5, 5.41) is 0. The molecular weight excluding hydrogens is 336 g/mol. The van der Waals surface area contributed by atoms with Crippen LogP contribution in [0.15, 0.2) is 36.0 Å². The molecule has 0 amide bonds. The average Bonchev–Trinajstić information content (AvgIpc) is 3.04. The van der Waals surface area contributed by atoms with Crippen LogP contribution in [-0.2, 0) is 28.5 Å². The molecule has 6 nitrogen and oxygen atoms in total. The predicted molar refractivity (Wildman–Crippen MR) is 94.0 cm³/mol. The van der Waals surface area contributed by atoms with Crippen LogP contribution in [0.4, 0.5) is 0 Å². The van der Waals surface area contributed by atoms with Gasteiger partial charge >= 0.3 is 11.9 Å². The average molecular weight is 362 g/mol. The summed E-state index contributed by atoms with van der Waals surface area (Å²) in [4.78, 5) is 24.4. The molecule has 6 heteroatoms. The Labute approximate surface area is 153 Å². The van der Waals surface area contributed by atoms with Gasteiger partial charge in [-0.15, -0.1) is 0 Å². The minimum absolute atomic E-state index is 0.114. The van der Waals surface area contributed by atoms with Crippen LogP contribution in [0, 0.1) is 11.8 Å². The van der Waals surface area contributed by atoms with Gasteiger partial charge < -0.3 is 18.9 Å². The Morgan fingerprint density at radius 1 is 1.42 bits per heavy atom. The second-order valence-electron chi connectivity index (χ2n) is 7.63. The van der Waals surface area contributed by atoms with E-state index in [1.54, 1.807) is 14.0 Å². The summed E-state index contributed by atoms with van der Waals surface area (Å²) in [7, 11) is 1.60. The number of rotatable bonds is 3. The minimum Gasteiger partial charge on any atom is -0.458 e. The monoisotopic (exact) mass is 362 g/mol. The van der Waals surface area contributed by atoms with Crippen molar-refractivity contribution in [3.63, 3.8) is 0 Å². The van der Waals surface area contributed by atoms with E-state index in [9.17, 15) is 9.59 Å². The number of ether oxygens (including phenoxy) is 4. The molecule has 3 aliphatic heterocycles. The predicted octanol–water partition coefficient (Wildman–Crippen LogP) is 2.69. The van der Waals surface area contributed by atoms with Gasteiger partial charge in [0.2, 0.25) is 0 Å². The molecule has 142 valence electrons. The highest BCUT2D eigenvalue weighted by molar-refractivity contribution is 5.91. The molecule has 0 spiro atoms. The van der Waals surface area contributed by atoms with Gasteiger partial charge in [0, 0.05) is 24.7 Å². The molecule has 3 aliphatic rings. The topological polar surface area (TPSA) is 71.1 Å². The maximum Gasteiger partial charge on any atom is 0.334 e. The fourth-order valence-corrected chi connectivity index (χ4v) is 4.16. The van der Waals surface area contributed by atoms with E-state index < -0.39 is 42.0 Å². The van der Waals surface area contributed by atoms with Crippen LogP contribution in [-0.4, -0.2) is 43.1 Å². The molecule has 2 bridgehead atoms. The molecule has 6 atom stereocenters. The molecule has 0 radical (unpaired) electrons. The van der Waals surface area contributed by atoms with Gasteiger partial charge in [0.25, 0.3) is 0 Å². The number of hydrogen-bond donors (Lipinski definition) is 0. The van der Waals surface area contributed by atoms with Crippen molar-refractivity contribution in [2.45, 2.75) is 57.7 Å². The van der Waals surface area contributed by atoms with Crippen molar-refractivity contribution >= 4 is 11.9 Å². The van der Waals surface area contributed by atoms with Gasteiger partial charge in [-0.25, -0.2) is 9.59 Å². The van der Waals surface area contributed by atoms with E-state index in [-0.39, 0.29) is 5.92 Å². The molecule has 0 aromatic heterocycles. The standard InChI is InChI=1S/C20H26O6/c1-10(2)18(21)24-14-7-11(3)8-20(23-6)9-12(4)16(26-20)17-15(14)13(5)19(22)25-17/h9,11,14-17H,1,5,7-8H2,2-4,6H3. The van der Waals surface area contributed by atoms with Crippen LogP contribution in [0.2, 0.25) is 0 Å². The quantitative estimate of drug-likeness (QED) is 0.437. The summed E-state index contributed by atoms with van der Waals surface area (Å²) >= 11 is 0. The molecule has 2 saturated heterocycles. The zero-order valence-electron chi connectivity index (χ0n) is 15.7. The van der Waals surface area contributed by atoms with Crippen molar-refractivity contribution in [3.8, 4) is 0 Å². The molecule has 0 aliphatic carbocycles. The molecule has 3 rings (SSSR count). The van der Waals surface area contributed by atoms with Gasteiger partial charge in [0.1, 0.15) is 18.3 Å². The van der Waals surface area contributed by atoms with Gasteiger partial charge in [0.05, 0.1) is 5.92 Å². The summed E-state index contributed by atoms with van der Waals surface area (Å²) in [5.41, 5.74) is 1.56. The summed E-state index contributed by atoms with van der Waals surface area (Å²) in [6.45, 7) is 13.1. The van der Waals surface area contributed by atoms with E-state index in [0.717, 1.165) is 5.57 Å². The summed E-state index contributed by atoms with van der Waals surface area (Å²) in [5.74, 6) is -2.17. The third kappa shape index (κ3) is 3.12. The largest absolute Gasteiger partial charge is 0.458 e. The molecule has 2 fully saturated rings. The van der Waals surface area contributed by atoms with Crippen LogP contribution in [0.25, 0.3) is 0 Å². The van der Waals surface area contributed by atoms with Gasteiger partial charge in [-0.1, -0.05) is 20.1 Å². The van der Waals surface area contributed by atoms with Gasteiger partial charge in [0.15, 0.2) is 5.79 Å². The van der Waals surface area contributed by atoms with E-state index >= 15 is 0 Å². The van der Waals surface area contributed by atoms with E-state index in [1.807, 2.05) is 19.9 Å². The molecule has 0 aromatic rings. The van der Waals surface area contributed by atoms with Crippen LogP contribution in [0.3, 0.4) is 0 Å². The first-order valence-electron chi connectivity index (χ1n) is 8.86. The Balaban J connectivity index is 2.02. The SMILES string of the molecule is C=C(C)C(=O)OC1CC(C)CC2(OC)C=C(C)C(O2)C2OC(=O)C(=C)C12. The molecule has 6 unspecified atom stereocenters. The fourth-order valence-electron chi connectivity index (χ4n) is 4.16. The molecular formula is C20H26O6. The number of esters is 2. The molecule has 3 heterocycles.